The molecule has 22 heavy (non-hydrogen) atoms. The van der Waals surface area contributed by atoms with Crippen LogP contribution < -0.4 is 5.32 Å². The fraction of sp³-hybridized carbons (Fsp3) is 0.235. The van der Waals surface area contributed by atoms with Crippen LogP contribution in [0, 0.1) is 11.6 Å². The van der Waals surface area contributed by atoms with Crippen LogP contribution in [0.5, 0.6) is 0 Å². The lowest BCUT2D eigenvalue weighted by molar-refractivity contribution is -0.113. The molecule has 0 aliphatic rings. The summed E-state index contributed by atoms with van der Waals surface area (Å²) in [5, 5.41) is 2.82. The number of rotatable bonds is 5. The molecule has 2 nitrogen and oxygen atoms in total. The molecule has 0 aromatic heterocycles. The Bertz CT molecular complexity index is 673. The van der Waals surface area contributed by atoms with E-state index in [-0.39, 0.29) is 22.5 Å². The maximum absolute atomic E-state index is 13.5. The Labute approximate surface area is 132 Å². The lowest BCUT2D eigenvalue weighted by Gasteiger charge is -2.13. The molecule has 0 saturated carbocycles. The number of benzene rings is 2. The molecule has 0 heterocycles. The van der Waals surface area contributed by atoms with Gasteiger partial charge in [0.15, 0.2) is 0 Å². The summed E-state index contributed by atoms with van der Waals surface area (Å²) >= 11 is 0.976. The van der Waals surface area contributed by atoms with Crippen molar-refractivity contribution in [1.82, 2.24) is 0 Å². The second kappa shape index (κ2) is 7.40. The van der Waals surface area contributed by atoms with Crippen LogP contribution >= 0.6 is 11.8 Å². The molecule has 116 valence electrons. The largest absolute Gasteiger partial charge is 0.325 e. The first-order chi connectivity index (χ1) is 10.5. The first kappa shape index (κ1) is 16.5. The van der Waals surface area contributed by atoms with Gasteiger partial charge in [-0.3, -0.25) is 4.79 Å². The topological polar surface area (TPSA) is 29.1 Å². The van der Waals surface area contributed by atoms with E-state index in [2.05, 4.69) is 5.32 Å². The molecule has 0 aliphatic carbocycles. The van der Waals surface area contributed by atoms with Gasteiger partial charge in [0.2, 0.25) is 5.91 Å². The van der Waals surface area contributed by atoms with E-state index in [0.717, 1.165) is 41.2 Å². The van der Waals surface area contributed by atoms with Gasteiger partial charge in [-0.05, 0) is 35.7 Å². The summed E-state index contributed by atoms with van der Waals surface area (Å²) in [5.74, 6) is -0.991. The molecule has 2 aromatic carbocycles. The fourth-order valence-electron chi connectivity index (χ4n) is 2.03. The van der Waals surface area contributed by atoms with Crippen molar-refractivity contribution in [3.8, 4) is 0 Å². The second-order valence-corrected chi connectivity index (χ2v) is 6.17. The third-order valence-corrected chi connectivity index (χ3v) is 4.14. The van der Waals surface area contributed by atoms with Gasteiger partial charge < -0.3 is 5.32 Å². The van der Waals surface area contributed by atoms with Crippen molar-refractivity contribution in [3.63, 3.8) is 0 Å². The fourth-order valence-corrected chi connectivity index (χ4v) is 2.79. The number of carbonyl (C=O) groups is 1. The molecule has 0 atom stereocenters. The standard InChI is InChI=1S/C17H17F2NOS/c1-11(2)13-5-3-4-6-15(13)20-17(21)10-22-16-9-12(18)7-8-14(16)19/h3-9,11H,10H2,1-2H3,(H,20,21). The third-order valence-electron chi connectivity index (χ3n) is 3.11. The predicted molar refractivity (Wildman–Crippen MR) is 86.2 cm³/mol. The normalized spacial score (nSPS) is 10.8. The van der Waals surface area contributed by atoms with Crippen LogP contribution in [0.4, 0.5) is 14.5 Å². The van der Waals surface area contributed by atoms with Crippen molar-refractivity contribution in [3.05, 3.63) is 59.7 Å². The zero-order valence-corrected chi connectivity index (χ0v) is 13.2. The van der Waals surface area contributed by atoms with Crippen molar-refractivity contribution in [2.24, 2.45) is 0 Å². The van der Waals surface area contributed by atoms with Crippen molar-refractivity contribution < 1.29 is 13.6 Å². The highest BCUT2D eigenvalue weighted by Gasteiger charge is 2.11. The summed E-state index contributed by atoms with van der Waals surface area (Å²) in [6.07, 6.45) is 0. The zero-order chi connectivity index (χ0) is 16.1. The van der Waals surface area contributed by atoms with Crippen molar-refractivity contribution in [2.45, 2.75) is 24.7 Å². The van der Waals surface area contributed by atoms with Crippen LogP contribution in [0.15, 0.2) is 47.4 Å². The van der Waals surface area contributed by atoms with Gasteiger partial charge in [0.05, 0.1) is 5.75 Å². The molecule has 0 aliphatic heterocycles. The Hall–Kier alpha value is -1.88. The van der Waals surface area contributed by atoms with Crippen molar-refractivity contribution in [2.75, 3.05) is 11.1 Å². The first-order valence-electron chi connectivity index (χ1n) is 6.94. The molecule has 0 fully saturated rings. The number of anilines is 1. The number of hydrogen-bond donors (Lipinski definition) is 1. The van der Waals surface area contributed by atoms with Gasteiger partial charge in [-0.2, -0.15) is 0 Å². The molecule has 0 unspecified atom stereocenters. The van der Waals surface area contributed by atoms with E-state index in [1.54, 1.807) is 0 Å². The Kier molecular flexibility index (Phi) is 5.55. The zero-order valence-electron chi connectivity index (χ0n) is 12.4. The SMILES string of the molecule is CC(C)c1ccccc1NC(=O)CSc1cc(F)ccc1F. The van der Waals surface area contributed by atoms with E-state index >= 15 is 0 Å². The molecule has 0 saturated heterocycles. The predicted octanol–water partition coefficient (Wildman–Crippen LogP) is 4.82. The Morgan fingerprint density at radius 2 is 1.91 bits per heavy atom. The van der Waals surface area contributed by atoms with Crippen LogP contribution in [0.2, 0.25) is 0 Å². The van der Waals surface area contributed by atoms with Gasteiger partial charge in [-0.25, -0.2) is 8.78 Å². The summed E-state index contributed by atoms with van der Waals surface area (Å²) < 4.78 is 26.6. The number of hydrogen-bond acceptors (Lipinski definition) is 2. The van der Waals surface area contributed by atoms with Gasteiger partial charge in [0, 0.05) is 10.6 Å². The maximum atomic E-state index is 13.5. The van der Waals surface area contributed by atoms with E-state index in [1.807, 2.05) is 38.1 Å². The molecule has 1 amide bonds. The van der Waals surface area contributed by atoms with E-state index in [0.29, 0.717) is 0 Å². The lowest BCUT2D eigenvalue weighted by Crippen LogP contribution is -2.15. The molecular formula is C17H17F2NOS. The quantitative estimate of drug-likeness (QED) is 0.800. The summed E-state index contributed by atoms with van der Waals surface area (Å²) in [6.45, 7) is 4.09. The minimum Gasteiger partial charge on any atom is -0.325 e. The molecule has 0 bridgehead atoms. The number of thioether (sulfide) groups is 1. The summed E-state index contributed by atoms with van der Waals surface area (Å²) in [5.41, 5.74) is 1.79. The lowest BCUT2D eigenvalue weighted by atomic mass is 10.0. The molecule has 1 N–H and O–H groups in total. The molecule has 0 radical (unpaired) electrons. The van der Waals surface area contributed by atoms with Crippen molar-refractivity contribution in [1.29, 1.82) is 0 Å². The molecule has 2 rings (SSSR count). The number of nitrogens with one attached hydrogen (secondary N) is 1. The van der Waals surface area contributed by atoms with Gasteiger partial charge in [-0.15, -0.1) is 11.8 Å². The minimum absolute atomic E-state index is 0.0206. The van der Waals surface area contributed by atoms with Gasteiger partial charge in [0.25, 0.3) is 0 Å². The smallest absolute Gasteiger partial charge is 0.234 e. The van der Waals surface area contributed by atoms with Crippen LogP contribution in [0.1, 0.15) is 25.3 Å². The van der Waals surface area contributed by atoms with Crippen LogP contribution in [-0.2, 0) is 4.79 Å². The molecular weight excluding hydrogens is 304 g/mol. The van der Waals surface area contributed by atoms with E-state index < -0.39 is 11.6 Å². The van der Waals surface area contributed by atoms with E-state index in [9.17, 15) is 13.6 Å². The Morgan fingerprint density at radius 1 is 1.18 bits per heavy atom. The number of halogens is 2. The van der Waals surface area contributed by atoms with Gasteiger partial charge in [0.1, 0.15) is 11.6 Å². The maximum Gasteiger partial charge on any atom is 0.234 e. The van der Waals surface area contributed by atoms with Crippen molar-refractivity contribution >= 4 is 23.4 Å². The number of amides is 1. The van der Waals surface area contributed by atoms with Crippen LogP contribution in [-0.4, -0.2) is 11.7 Å². The Balaban J connectivity index is 2.01. The third kappa shape index (κ3) is 4.31. The average molecular weight is 321 g/mol. The van der Waals surface area contributed by atoms with Gasteiger partial charge >= 0.3 is 0 Å². The molecule has 2 aromatic rings. The number of para-hydroxylation sites is 1. The monoisotopic (exact) mass is 321 g/mol. The average Bonchev–Trinajstić information content (AvgIpc) is 2.48. The second-order valence-electron chi connectivity index (χ2n) is 5.15. The Morgan fingerprint density at radius 3 is 2.64 bits per heavy atom. The highest BCUT2D eigenvalue weighted by atomic mass is 32.2. The van der Waals surface area contributed by atoms with E-state index in [1.165, 1.54) is 0 Å². The molecule has 5 heteroatoms. The van der Waals surface area contributed by atoms with E-state index in [4.69, 9.17) is 0 Å². The molecule has 0 spiro atoms. The van der Waals surface area contributed by atoms with Crippen LogP contribution in [0.3, 0.4) is 0 Å². The summed E-state index contributed by atoms with van der Waals surface area (Å²) in [7, 11) is 0. The summed E-state index contributed by atoms with van der Waals surface area (Å²) in [4.78, 5) is 12.1. The first-order valence-corrected chi connectivity index (χ1v) is 7.92. The highest BCUT2D eigenvalue weighted by molar-refractivity contribution is 8.00. The van der Waals surface area contributed by atoms with Gasteiger partial charge in [-0.1, -0.05) is 32.0 Å². The van der Waals surface area contributed by atoms with Crippen LogP contribution in [0.25, 0.3) is 0 Å². The minimum atomic E-state index is -0.526. The summed E-state index contributed by atoms with van der Waals surface area (Å²) in [6, 6.07) is 10.8. The number of carbonyl (C=O) groups excluding carboxylic acids is 1. The highest BCUT2D eigenvalue weighted by Crippen LogP contribution is 2.25.